The summed E-state index contributed by atoms with van der Waals surface area (Å²) in [4.78, 5) is 25.3. The molecule has 0 aliphatic carbocycles. The molecule has 0 atom stereocenters. The molecule has 2 N–H and O–H groups in total. The number of hydrogen-bond acceptors (Lipinski definition) is 8. The first-order chi connectivity index (χ1) is 20.2. The standard InChI is InChI=1S/C34H28O8/c1-15(35)20-11-26(41-5)22-13-24(39-3)18-9-7-17-8-10-19-25(40-4)14-23-27(42-6)12-21(16(2)36)34(38)32(23)30(19)28(17)29(18)31(22)33(20)37/h7-14,37-38H,1-6H3. The molecule has 0 saturated carbocycles. The molecule has 0 aliphatic rings. The number of carbonyl (C=O) groups is 2. The second-order valence-electron chi connectivity index (χ2n) is 10.1. The van der Waals surface area contributed by atoms with Gasteiger partial charge in [-0.15, -0.1) is 0 Å². The summed E-state index contributed by atoms with van der Waals surface area (Å²) in [6, 6.07) is 14.2. The van der Waals surface area contributed by atoms with E-state index in [1.54, 1.807) is 26.4 Å². The zero-order valence-electron chi connectivity index (χ0n) is 24.0. The van der Waals surface area contributed by atoms with Crippen molar-refractivity contribution in [1.82, 2.24) is 0 Å². The van der Waals surface area contributed by atoms with Crippen LogP contribution in [0, 0.1) is 0 Å². The van der Waals surface area contributed by atoms with Crippen LogP contribution in [-0.2, 0) is 0 Å². The van der Waals surface area contributed by atoms with E-state index in [1.807, 2.05) is 24.3 Å². The molecule has 212 valence electrons. The van der Waals surface area contributed by atoms with Crippen molar-refractivity contribution in [3.05, 3.63) is 59.7 Å². The Balaban J connectivity index is 2.07. The van der Waals surface area contributed by atoms with Gasteiger partial charge in [-0.1, -0.05) is 12.1 Å². The smallest absolute Gasteiger partial charge is 0.163 e. The number of carbonyl (C=O) groups excluding carboxylic acids is 2. The van der Waals surface area contributed by atoms with Crippen LogP contribution in [-0.4, -0.2) is 50.2 Å². The van der Waals surface area contributed by atoms with Gasteiger partial charge in [0.25, 0.3) is 0 Å². The number of aromatic hydroxyl groups is 2. The molecule has 6 aromatic rings. The van der Waals surface area contributed by atoms with Crippen LogP contribution in [0.25, 0.3) is 53.9 Å². The average molecular weight is 565 g/mol. The van der Waals surface area contributed by atoms with Gasteiger partial charge in [0.2, 0.25) is 0 Å². The molecule has 0 aromatic heterocycles. The summed E-state index contributed by atoms with van der Waals surface area (Å²) < 4.78 is 23.0. The van der Waals surface area contributed by atoms with Crippen LogP contribution in [0.5, 0.6) is 34.5 Å². The van der Waals surface area contributed by atoms with E-state index in [4.69, 9.17) is 18.9 Å². The molecule has 0 fully saturated rings. The molecule has 8 heteroatoms. The Morgan fingerprint density at radius 2 is 0.857 bits per heavy atom. The lowest BCUT2D eigenvalue weighted by atomic mass is 9.87. The van der Waals surface area contributed by atoms with Crippen molar-refractivity contribution in [1.29, 1.82) is 0 Å². The molecule has 0 radical (unpaired) electrons. The summed E-state index contributed by atoms with van der Waals surface area (Å²) in [7, 11) is 6.10. The Kier molecular flexibility index (Phi) is 6.22. The molecule has 0 amide bonds. The zero-order chi connectivity index (χ0) is 30.0. The summed E-state index contributed by atoms with van der Waals surface area (Å²) in [5.74, 6) is 0.742. The largest absolute Gasteiger partial charge is 0.507 e. The quantitative estimate of drug-likeness (QED) is 0.160. The van der Waals surface area contributed by atoms with Crippen LogP contribution in [0.1, 0.15) is 34.6 Å². The van der Waals surface area contributed by atoms with E-state index in [9.17, 15) is 19.8 Å². The normalized spacial score (nSPS) is 11.5. The average Bonchev–Trinajstić information content (AvgIpc) is 2.99. The number of ketones is 2. The highest BCUT2D eigenvalue weighted by Gasteiger charge is 2.25. The molecule has 0 aliphatic heterocycles. The highest BCUT2D eigenvalue weighted by Crippen LogP contribution is 2.51. The van der Waals surface area contributed by atoms with E-state index >= 15 is 0 Å². The maximum atomic E-state index is 12.7. The van der Waals surface area contributed by atoms with E-state index < -0.39 is 0 Å². The van der Waals surface area contributed by atoms with Gasteiger partial charge in [-0.25, -0.2) is 0 Å². The summed E-state index contributed by atoms with van der Waals surface area (Å²) in [5, 5.41) is 29.0. The Labute approximate surface area is 240 Å². The Hall–Kier alpha value is -5.24. The molecular formula is C34H28O8. The Morgan fingerprint density at radius 1 is 0.500 bits per heavy atom. The van der Waals surface area contributed by atoms with E-state index in [2.05, 4.69) is 0 Å². The molecule has 0 spiro atoms. The first-order valence-electron chi connectivity index (χ1n) is 13.2. The third kappa shape index (κ3) is 3.61. The van der Waals surface area contributed by atoms with Gasteiger partial charge in [-0.05, 0) is 61.0 Å². The number of rotatable bonds is 6. The van der Waals surface area contributed by atoms with Gasteiger partial charge in [0, 0.05) is 43.1 Å². The second-order valence-corrected chi connectivity index (χ2v) is 10.1. The first-order valence-corrected chi connectivity index (χ1v) is 13.2. The van der Waals surface area contributed by atoms with Crippen LogP contribution in [0.15, 0.2) is 48.5 Å². The lowest BCUT2D eigenvalue weighted by Crippen LogP contribution is -1.99. The number of phenols is 2. The predicted octanol–water partition coefficient (Wildman–Crippen LogP) is 7.30. The summed E-state index contributed by atoms with van der Waals surface area (Å²) in [5.41, 5.74) is 0.211. The van der Waals surface area contributed by atoms with Crippen LogP contribution < -0.4 is 18.9 Å². The molecule has 6 rings (SSSR count). The number of methoxy groups -OCH3 is 4. The second kappa shape index (κ2) is 9.69. The maximum Gasteiger partial charge on any atom is 0.163 e. The van der Waals surface area contributed by atoms with E-state index in [0.717, 1.165) is 5.39 Å². The van der Waals surface area contributed by atoms with Gasteiger partial charge < -0.3 is 29.2 Å². The Bertz CT molecular complexity index is 2010. The number of hydrogen-bond donors (Lipinski definition) is 2. The minimum atomic E-state index is -0.331. The molecule has 0 saturated heterocycles. The van der Waals surface area contributed by atoms with Crippen molar-refractivity contribution in [3.63, 3.8) is 0 Å². The van der Waals surface area contributed by atoms with Gasteiger partial charge in [0.1, 0.15) is 34.5 Å². The van der Waals surface area contributed by atoms with Crippen molar-refractivity contribution >= 4 is 65.4 Å². The number of Topliss-reactive ketones (excluding diaryl/α,β-unsaturated/α-hetero) is 2. The maximum absolute atomic E-state index is 12.7. The summed E-state index contributed by atoms with van der Waals surface area (Å²) in [6.07, 6.45) is 0. The fourth-order valence-corrected chi connectivity index (χ4v) is 6.10. The van der Waals surface area contributed by atoms with Crippen molar-refractivity contribution in [3.8, 4) is 34.5 Å². The van der Waals surface area contributed by atoms with Crippen molar-refractivity contribution in [2.45, 2.75) is 13.8 Å². The number of phenolic OH excluding ortho intramolecular Hbond substituents is 2. The fraction of sp³-hybridized carbons (Fsp3) is 0.176. The molecule has 0 unspecified atom stereocenters. The van der Waals surface area contributed by atoms with Crippen molar-refractivity contribution in [2.24, 2.45) is 0 Å². The molecule has 42 heavy (non-hydrogen) atoms. The number of benzene rings is 6. The van der Waals surface area contributed by atoms with Gasteiger partial charge in [0.05, 0.1) is 39.6 Å². The van der Waals surface area contributed by atoms with E-state index in [-0.39, 0.29) is 34.2 Å². The van der Waals surface area contributed by atoms with Gasteiger partial charge in [0.15, 0.2) is 11.6 Å². The van der Waals surface area contributed by atoms with Crippen molar-refractivity contribution < 1.29 is 38.7 Å². The third-order valence-corrected chi connectivity index (χ3v) is 8.01. The van der Waals surface area contributed by atoms with E-state index in [1.165, 1.54) is 40.2 Å². The summed E-state index contributed by atoms with van der Waals surface area (Å²) >= 11 is 0. The van der Waals surface area contributed by atoms with Crippen LogP contribution in [0.4, 0.5) is 0 Å². The molecule has 0 heterocycles. The minimum Gasteiger partial charge on any atom is -0.507 e. The number of fused-ring (bicyclic) bond motifs is 9. The highest BCUT2D eigenvalue weighted by molar-refractivity contribution is 6.36. The van der Waals surface area contributed by atoms with Crippen LogP contribution >= 0.6 is 0 Å². The third-order valence-electron chi connectivity index (χ3n) is 8.01. The SMILES string of the molecule is COc1cc(C(C)=O)c(O)c2c1cc(OC)c1ccc3ccc4c(OC)cc5c(OC)cc(C(C)=O)c(O)c5c4c3c12. The zero-order valence-corrected chi connectivity index (χ0v) is 24.0. The minimum absolute atomic E-state index is 0.105. The first kappa shape index (κ1) is 27.0. The summed E-state index contributed by atoms with van der Waals surface area (Å²) in [6.45, 7) is 2.76. The predicted molar refractivity (Wildman–Crippen MR) is 164 cm³/mol. The van der Waals surface area contributed by atoms with E-state index in [0.29, 0.717) is 71.5 Å². The topological polar surface area (TPSA) is 112 Å². The monoisotopic (exact) mass is 564 g/mol. The van der Waals surface area contributed by atoms with Crippen LogP contribution in [0.2, 0.25) is 0 Å². The molecular weight excluding hydrogens is 536 g/mol. The Morgan fingerprint density at radius 3 is 1.19 bits per heavy atom. The molecule has 8 nitrogen and oxygen atoms in total. The lowest BCUT2D eigenvalue weighted by molar-refractivity contribution is 0.100. The van der Waals surface area contributed by atoms with Crippen molar-refractivity contribution in [2.75, 3.05) is 28.4 Å². The highest BCUT2D eigenvalue weighted by atomic mass is 16.5. The number of ether oxygens (including phenoxy) is 4. The lowest BCUT2D eigenvalue weighted by Gasteiger charge is -2.20. The van der Waals surface area contributed by atoms with Gasteiger partial charge in [-0.3, -0.25) is 9.59 Å². The molecule has 0 bridgehead atoms. The van der Waals surface area contributed by atoms with Crippen LogP contribution in [0.3, 0.4) is 0 Å². The fourth-order valence-electron chi connectivity index (χ4n) is 6.10. The van der Waals surface area contributed by atoms with Gasteiger partial charge >= 0.3 is 0 Å². The molecule has 6 aromatic carbocycles. The van der Waals surface area contributed by atoms with Gasteiger partial charge in [-0.2, -0.15) is 0 Å².